The van der Waals surface area contributed by atoms with Crippen LogP contribution in [0.25, 0.3) is 0 Å². The van der Waals surface area contributed by atoms with Crippen LogP contribution in [-0.4, -0.2) is 30.2 Å². The zero-order valence-electron chi connectivity index (χ0n) is 5.90. The maximum atomic E-state index is 10.8. The first-order valence-corrected chi connectivity index (χ1v) is 6.50. The van der Waals surface area contributed by atoms with E-state index in [-0.39, 0.29) is 0 Å². The Morgan fingerprint density at radius 3 is 2.38 bits per heavy atom. The number of hydrogen-bond acceptors (Lipinski definition) is 1. The molecule has 0 saturated carbocycles. The molecule has 0 N–H and O–H groups in total. The van der Waals surface area contributed by atoms with Gasteiger partial charge in [0.2, 0.25) is 0 Å². The molecule has 1 unspecified atom stereocenters. The minimum atomic E-state index is 0.441. The molecule has 0 aliphatic heterocycles. The first-order chi connectivity index (χ1) is 3.68. The molecule has 1 nitrogen and oxygen atoms in total. The summed E-state index contributed by atoms with van der Waals surface area (Å²) in [6.45, 7) is 4.09. The van der Waals surface area contributed by atoms with Crippen LogP contribution in [0.2, 0.25) is 3.67 Å². The van der Waals surface area contributed by atoms with Crippen molar-refractivity contribution < 1.29 is 4.79 Å². The van der Waals surface area contributed by atoms with Gasteiger partial charge in [-0.25, -0.2) is 0 Å². The van der Waals surface area contributed by atoms with Crippen LogP contribution >= 0.6 is 0 Å². The molecule has 0 heterocycles. The number of rotatable bonds is 3. The topological polar surface area (TPSA) is 17.1 Å². The van der Waals surface area contributed by atoms with E-state index in [0.29, 0.717) is 33.8 Å². The van der Waals surface area contributed by atoms with Gasteiger partial charge in [0, 0.05) is 0 Å². The first-order valence-electron chi connectivity index (χ1n) is 3.21. The molecule has 0 aliphatic rings. The fourth-order valence-electron chi connectivity index (χ4n) is 0.535. The second-order valence-corrected chi connectivity index (χ2v) is 7.31. The van der Waals surface area contributed by atoms with Gasteiger partial charge in [0.25, 0.3) is 0 Å². The molecule has 0 saturated heterocycles. The van der Waals surface area contributed by atoms with E-state index in [0.717, 1.165) is 12.8 Å². The van der Waals surface area contributed by atoms with E-state index in [1.54, 1.807) is 0 Å². The summed E-state index contributed by atoms with van der Waals surface area (Å²) in [5.74, 6) is 0.475. The van der Waals surface area contributed by atoms with Gasteiger partial charge >= 0.3 is 65.3 Å². The summed E-state index contributed by atoms with van der Waals surface area (Å²) in [5, 5.41) is 0. The number of Topliss-reactive ketones (excluding diaryl/α,β-unsaturated/α-hetero) is 1. The van der Waals surface area contributed by atoms with Crippen molar-refractivity contribution in [3.05, 3.63) is 0 Å². The average Bonchev–Trinajstić information content (AvgIpc) is 1.67. The molecule has 0 radical (unpaired) electrons. The van der Waals surface area contributed by atoms with Crippen LogP contribution in [0.3, 0.4) is 0 Å². The van der Waals surface area contributed by atoms with E-state index in [2.05, 4.69) is 6.92 Å². The van der Waals surface area contributed by atoms with Crippen molar-refractivity contribution in [3.8, 4) is 0 Å². The molecule has 0 aromatic heterocycles. The van der Waals surface area contributed by atoms with Gasteiger partial charge in [-0.05, 0) is 0 Å². The number of hydrogen-bond donors (Lipinski definition) is 0. The predicted molar refractivity (Wildman–Crippen MR) is 37.9 cm³/mol. The van der Waals surface area contributed by atoms with E-state index in [1.807, 2.05) is 6.92 Å². The fraction of sp³-hybridized carbons (Fsp3) is 0.833. The van der Waals surface area contributed by atoms with Crippen LogP contribution in [0.4, 0.5) is 0 Å². The summed E-state index contributed by atoms with van der Waals surface area (Å²) in [6.07, 6.45) is 1.82. The fourth-order valence-corrected chi connectivity index (χ4v) is 1.36. The third kappa shape index (κ3) is 3.53. The van der Waals surface area contributed by atoms with Gasteiger partial charge in [0.15, 0.2) is 0 Å². The number of ketones is 1. The number of carbonyl (C=O) groups is 1. The van der Waals surface area contributed by atoms with Gasteiger partial charge in [-0.3, -0.25) is 0 Å². The standard InChI is InChI=1S/C6H11O.In.2H/c1-3-5-6(7)4-2;;;/h4H,3,5H2,1-2H3;;;. The third-order valence-corrected chi connectivity index (χ3v) is 2.98. The zero-order valence-corrected chi connectivity index (χ0v) is 11.6. The van der Waals surface area contributed by atoms with Crippen molar-refractivity contribution in [2.75, 3.05) is 0 Å². The minimum absolute atomic E-state index is 0.441. The molecular weight excluding hydrogens is 203 g/mol. The normalized spacial score (nSPS) is 13.2. The molecule has 0 rings (SSSR count). The van der Waals surface area contributed by atoms with Gasteiger partial charge in [0.05, 0.1) is 0 Å². The molecule has 0 amide bonds. The molecule has 0 aromatic carbocycles. The van der Waals surface area contributed by atoms with Crippen molar-refractivity contribution in [2.24, 2.45) is 0 Å². The van der Waals surface area contributed by atoms with Gasteiger partial charge in [0.1, 0.15) is 0 Å². The quantitative estimate of drug-likeness (QED) is 0.681. The van der Waals surface area contributed by atoms with E-state index in [4.69, 9.17) is 0 Å². The number of carbonyl (C=O) groups excluding carboxylic acids is 1. The summed E-state index contributed by atoms with van der Waals surface area (Å²) < 4.78 is 0.441. The molecule has 2 heteroatoms. The average molecular weight is 216 g/mol. The Morgan fingerprint density at radius 2 is 2.25 bits per heavy atom. The summed E-state index contributed by atoms with van der Waals surface area (Å²) in [4.78, 5) is 10.8. The van der Waals surface area contributed by atoms with Gasteiger partial charge in [-0.1, -0.05) is 0 Å². The molecule has 0 aromatic rings. The van der Waals surface area contributed by atoms with Crippen LogP contribution in [0.5, 0.6) is 0 Å². The molecule has 8 heavy (non-hydrogen) atoms. The Bertz CT molecular complexity index is 78.6. The summed E-state index contributed by atoms with van der Waals surface area (Å²) >= 11 is 0.544. The van der Waals surface area contributed by atoms with Gasteiger partial charge < -0.3 is 0 Å². The van der Waals surface area contributed by atoms with Crippen LogP contribution in [0.1, 0.15) is 26.7 Å². The molecule has 0 fully saturated rings. The molecule has 0 bridgehead atoms. The Morgan fingerprint density at radius 1 is 1.75 bits per heavy atom. The van der Waals surface area contributed by atoms with Crippen LogP contribution in [0, 0.1) is 0 Å². The Balaban J connectivity index is 3.33. The second kappa shape index (κ2) is 4.42. The first kappa shape index (κ1) is 8.54. The van der Waals surface area contributed by atoms with E-state index < -0.39 is 0 Å². The van der Waals surface area contributed by atoms with Gasteiger partial charge in [-0.2, -0.15) is 0 Å². The van der Waals surface area contributed by atoms with E-state index in [1.165, 1.54) is 0 Å². The Kier molecular flexibility index (Phi) is 4.72. The van der Waals surface area contributed by atoms with Crippen LogP contribution < -0.4 is 0 Å². The summed E-state index contributed by atoms with van der Waals surface area (Å²) in [6, 6.07) is 0. The zero-order chi connectivity index (χ0) is 6.57. The van der Waals surface area contributed by atoms with E-state index in [9.17, 15) is 4.79 Å². The van der Waals surface area contributed by atoms with Crippen LogP contribution in [0.15, 0.2) is 0 Å². The Hall–Kier alpha value is 0.540. The van der Waals surface area contributed by atoms with Gasteiger partial charge in [-0.15, -0.1) is 0 Å². The molecule has 1 atom stereocenters. The van der Waals surface area contributed by atoms with Crippen molar-refractivity contribution >= 4 is 30.2 Å². The van der Waals surface area contributed by atoms with Crippen molar-refractivity contribution in [3.63, 3.8) is 0 Å². The molecular formula is C6H13InO. The summed E-state index contributed by atoms with van der Waals surface area (Å²) in [7, 11) is 0. The van der Waals surface area contributed by atoms with Crippen LogP contribution in [-0.2, 0) is 4.79 Å². The molecule has 46 valence electrons. The van der Waals surface area contributed by atoms with E-state index >= 15 is 0 Å². The molecule has 0 aliphatic carbocycles. The molecule has 0 spiro atoms. The second-order valence-electron chi connectivity index (χ2n) is 2.37. The Labute approximate surface area is 65.4 Å². The SMILES string of the molecule is CCCC(=O)[CH](C)[InH2]. The predicted octanol–water partition coefficient (Wildman–Crippen LogP) is 0.797. The summed E-state index contributed by atoms with van der Waals surface area (Å²) in [5.41, 5.74) is 0. The maximum absolute atomic E-state index is 10.8. The van der Waals surface area contributed by atoms with Crippen molar-refractivity contribution in [1.82, 2.24) is 0 Å². The monoisotopic (exact) mass is 216 g/mol. The third-order valence-electron chi connectivity index (χ3n) is 1.14. The van der Waals surface area contributed by atoms with Crippen molar-refractivity contribution in [2.45, 2.75) is 30.4 Å². The van der Waals surface area contributed by atoms with Crippen molar-refractivity contribution in [1.29, 1.82) is 0 Å².